The molecule has 2 N–H and O–H groups in total. The van der Waals surface area contributed by atoms with Gasteiger partial charge in [0.1, 0.15) is 0 Å². The molecule has 6 heteroatoms. The molecule has 0 spiro atoms. The summed E-state index contributed by atoms with van der Waals surface area (Å²) in [6, 6.07) is 0. The Hall–Kier alpha value is -0.170. The van der Waals surface area contributed by atoms with Crippen LogP contribution in [0.15, 0.2) is 0 Å². The van der Waals surface area contributed by atoms with Crippen LogP contribution >= 0.6 is 0 Å². The van der Waals surface area contributed by atoms with Gasteiger partial charge in [-0.05, 0) is 44.7 Å². The van der Waals surface area contributed by atoms with Crippen molar-refractivity contribution in [1.29, 1.82) is 0 Å². The van der Waals surface area contributed by atoms with Gasteiger partial charge in [-0.25, -0.2) is 13.1 Å². The quantitative estimate of drug-likeness (QED) is 0.736. The number of hydrogen-bond acceptors (Lipinski definition) is 4. The fourth-order valence-corrected chi connectivity index (χ4v) is 3.83. The van der Waals surface area contributed by atoms with E-state index >= 15 is 0 Å². The van der Waals surface area contributed by atoms with Crippen LogP contribution in [0, 0.1) is 5.92 Å². The fourth-order valence-electron chi connectivity index (χ4n) is 2.44. The number of ether oxygens (including phenoxy) is 1. The minimum Gasteiger partial charge on any atom is -0.380 e. The van der Waals surface area contributed by atoms with Gasteiger partial charge in [-0.3, -0.25) is 0 Å². The predicted molar refractivity (Wildman–Crippen MR) is 66.4 cm³/mol. The smallest absolute Gasteiger partial charge is 0.216 e. The highest BCUT2D eigenvalue weighted by Gasteiger charge is 2.27. The lowest BCUT2D eigenvalue weighted by Gasteiger charge is -2.22. The van der Waals surface area contributed by atoms with Gasteiger partial charge in [0.2, 0.25) is 10.0 Å². The minimum atomic E-state index is -3.17. The molecule has 2 aliphatic rings. The van der Waals surface area contributed by atoms with Crippen LogP contribution in [0.3, 0.4) is 0 Å². The third-order valence-electron chi connectivity index (χ3n) is 3.58. The lowest BCUT2D eigenvalue weighted by molar-refractivity contribution is 0.0988. The lowest BCUT2D eigenvalue weighted by atomic mass is 10.1. The monoisotopic (exact) mass is 262 g/mol. The molecule has 0 amide bonds. The molecule has 17 heavy (non-hydrogen) atoms. The molecule has 2 rings (SSSR count). The summed E-state index contributed by atoms with van der Waals surface area (Å²) in [4.78, 5) is 0. The summed E-state index contributed by atoms with van der Waals surface area (Å²) in [5, 5.41) is 2.94. The number of nitrogens with one attached hydrogen (secondary N) is 2. The third-order valence-corrected chi connectivity index (χ3v) is 5.43. The van der Waals surface area contributed by atoms with E-state index in [4.69, 9.17) is 4.74 Å². The maximum Gasteiger partial charge on any atom is 0.216 e. The van der Waals surface area contributed by atoms with Crippen molar-refractivity contribution in [1.82, 2.24) is 10.0 Å². The second kappa shape index (κ2) is 6.13. The zero-order valence-corrected chi connectivity index (χ0v) is 11.0. The van der Waals surface area contributed by atoms with Crippen LogP contribution < -0.4 is 10.0 Å². The molecule has 2 fully saturated rings. The van der Waals surface area contributed by atoms with Gasteiger partial charge in [0, 0.05) is 13.2 Å². The number of hydrogen-bond donors (Lipinski definition) is 2. The first-order chi connectivity index (χ1) is 8.18. The van der Waals surface area contributed by atoms with Crippen LogP contribution in [0.4, 0.5) is 0 Å². The largest absolute Gasteiger partial charge is 0.380 e. The maximum atomic E-state index is 12.0. The van der Waals surface area contributed by atoms with Crippen LogP contribution in [-0.2, 0) is 14.8 Å². The molecule has 2 heterocycles. The summed E-state index contributed by atoms with van der Waals surface area (Å²) >= 11 is 0. The summed E-state index contributed by atoms with van der Waals surface area (Å²) in [7, 11) is -3.17. The van der Waals surface area contributed by atoms with Gasteiger partial charge in [-0.2, -0.15) is 0 Å². The Morgan fingerprint density at radius 3 is 2.88 bits per heavy atom. The Morgan fingerprint density at radius 2 is 2.24 bits per heavy atom. The molecular formula is C11H22N2O3S. The summed E-state index contributed by atoms with van der Waals surface area (Å²) in [5.74, 6) is 0.625. The second-order valence-corrected chi connectivity index (χ2v) is 6.97. The molecule has 0 aromatic carbocycles. The van der Waals surface area contributed by atoms with Crippen molar-refractivity contribution in [2.45, 2.75) is 30.9 Å². The number of sulfonamides is 1. The van der Waals surface area contributed by atoms with Crippen molar-refractivity contribution >= 4 is 10.0 Å². The van der Waals surface area contributed by atoms with Crippen molar-refractivity contribution in [3.63, 3.8) is 0 Å². The molecule has 0 aromatic heterocycles. The van der Waals surface area contributed by atoms with Gasteiger partial charge in [0.05, 0.1) is 11.9 Å². The van der Waals surface area contributed by atoms with Gasteiger partial charge < -0.3 is 10.1 Å². The second-order valence-electron chi connectivity index (χ2n) is 4.93. The van der Waals surface area contributed by atoms with E-state index in [9.17, 15) is 8.42 Å². The van der Waals surface area contributed by atoms with E-state index in [2.05, 4.69) is 10.0 Å². The first-order valence-electron chi connectivity index (χ1n) is 6.45. The van der Waals surface area contributed by atoms with Gasteiger partial charge >= 0.3 is 0 Å². The van der Waals surface area contributed by atoms with Crippen molar-refractivity contribution < 1.29 is 13.2 Å². The van der Waals surface area contributed by atoms with E-state index in [1.807, 2.05) is 0 Å². The Labute approximate surface area is 103 Å². The lowest BCUT2D eigenvalue weighted by Crippen LogP contribution is -2.40. The van der Waals surface area contributed by atoms with Crippen molar-refractivity contribution in [3.05, 3.63) is 0 Å². The maximum absolute atomic E-state index is 12.0. The van der Waals surface area contributed by atoms with E-state index in [1.165, 1.54) is 0 Å². The van der Waals surface area contributed by atoms with Gasteiger partial charge in [-0.1, -0.05) is 0 Å². The first kappa shape index (κ1) is 13.3. The predicted octanol–water partition coefficient (Wildman–Crippen LogP) is 0.0844. The van der Waals surface area contributed by atoms with E-state index in [0.29, 0.717) is 25.7 Å². The molecule has 2 atom stereocenters. The topological polar surface area (TPSA) is 67.4 Å². The number of rotatable bonds is 5. The van der Waals surface area contributed by atoms with Crippen LogP contribution in [0.25, 0.3) is 0 Å². The summed E-state index contributed by atoms with van der Waals surface area (Å²) in [5.41, 5.74) is 0. The molecular weight excluding hydrogens is 240 g/mol. The summed E-state index contributed by atoms with van der Waals surface area (Å²) in [6.07, 6.45) is 3.66. The van der Waals surface area contributed by atoms with Crippen LogP contribution in [-0.4, -0.2) is 46.5 Å². The molecule has 0 aliphatic carbocycles. The first-order valence-corrected chi connectivity index (χ1v) is 8.00. The van der Waals surface area contributed by atoms with Crippen LogP contribution in [0.5, 0.6) is 0 Å². The highest BCUT2D eigenvalue weighted by Crippen LogP contribution is 2.15. The SMILES string of the molecule is O=S(=O)(NCCC1CCNC1)C1CCCOC1. The van der Waals surface area contributed by atoms with Crippen molar-refractivity contribution in [2.24, 2.45) is 5.92 Å². The average molecular weight is 262 g/mol. The molecule has 0 bridgehead atoms. The highest BCUT2D eigenvalue weighted by molar-refractivity contribution is 7.90. The Balaban J connectivity index is 1.72. The van der Waals surface area contributed by atoms with Gasteiger partial charge in [-0.15, -0.1) is 0 Å². The molecule has 5 nitrogen and oxygen atoms in total. The highest BCUT2D eigenvalue weighted by atomic mass is 32.2. The summed E-state index contributed by atoms with van der Waals surface area (Å²) < 4.78 is 31.8. The Kier molecular flexibility index (Phi) is 4.78. The van der Waals surface area contributed by atoms with E-state index in [-0.39, 0.29) is 5.25 Å². The molecule has 0 radical (unpaired) electrons. The third kappa shape index (κ3) is 3.91. The summed E-state index contributed by atoms with van der Waals surface area (Å²) in [6.45, 7) is 3.69. The zero-order chi connectivity index (χ0) is 12.1. The molecule has 100 valence electrons. The normalized spacial score (nSPS) is 30.6. The Bertz CT molecular complexity index is 320. The molecule has 0 saturated carbocycles. The van der Waals surface area contributed by atoms with Crippen LogP contribution in [0.2, 0.25) is 0 Å². The molecule has 0 aromatic rings. The van der Waals surface area contributed by atoms with E-state index < -0.39 is 10.0 Å². The molecule has 2 aliphatic heterocycles. The minimum absolute atomic E-state index is 0.348. The van der Waals surface area contributed by atoms with Gasteiger partial charge in [0.15, 0.2) is 0 Å². The molecule has 2 unspecified atom stereocenters. The zero-order valence-electron chi connectivity index (χ0n) is 10.2. The Morgan fingerprint density at radius 1 is 1.35 bits per heavy atom. The van der Waals surface area contributed by atoms with Gasteiger partial charge in [0.25, 0.3) is 0 Å². The van der Waals surface area contributed by atoms with Crippen molar-refractivity contribution in [2.75, 3.05) is 32.8 Å². The molecule has 2 saturated heterocycles. The van der Waals surface area contributed by atoms with Crippen LogP contribution in [0.1, 0.15) is 25.7 Å². The van der Waals surface area contributed by atoms with E-state index in [0.717, 1.165) is 38.8 Å². The average Bonchev–Trinajstić information content (AvgIpc) is 2.83. The van der Waals surface area contributed by atoms with Crippen molar-refractivity contribution in [3.8, 4) is 0 Å². The standard InChI is InChI=1S/C11H22N2O3S/c14-17(15,11-2-1-7-16-9-11)13-6-4-10-3-5-12-8-10/h10-13H,1-9H2. The fraction of sp³-hybridized carbons (Fsp3) is 1.00. The van der Waals surface area contributed by atoms with E-state index in [1.54, 1.807) is 0 Å².